The number of allylic oxidation sites excluding steroid dienone is 2. The van der Waals surface area contributed by atoms with Gasteiger partial charge in [0.05, 0.1) is 11.6 Å². The number of rotatable bonds is 5. The maximum Gasteiger partial charge on any atom is 0.338 e. The number of hydrogen-bond donors (Lipinski definition) is 1. The molecule has 0 radical (unpaired) electrons. The minimum absolute atomic E-state index is 0.163. The number of carbonyl (C=O) groups is 2. The lowest BCUT2D eigenvalue weighted by Gasteiger charge is -2.37. The quantitative estimate of drug-likeness (QED) is 0.223. The Morgan fingerprint density at radius 3 is 2.48 bits per heavy atom. The van der Waals surface area contributed by atoms with Crippen molar-refractivity contribution in [1.29, 1.82) is 0 Å². The van der Waals surface area contributed by atoms with Crippen LogP contribution in [-0.4, -0.2) is 18.4 Å². The summed E-state index contributed by atoms with van der Waals surface area (Å²) >= 11 is 9.42. The molecule has 1 aliphatic carbocycles. The molecule has 5 rings (SSSR count). The van der Waals surface area contributed by atoms with Crippen molar-refractivity contribution in [3.05, 3.63) is 111 Å². The van der Waals surface area contributed by atoms with Crippen molar-refractivity contribution in [3.63, 3.8) is 0 Å². The second-order valence-corrected chi connectivity index (χ2v) is 9.69. The second kappa shape index (κ2) is 9.16. The normalized spacial score (nSPS) is 20.5. The maximum absolute atomic E-state index is 12.7. The average molecular weight is 523 g/mol. The highest BCUT2D eigenvalue weighted by Crippen LogP contribution is 2.50. The van der Waals surface area contributed by atoms with Gasteiger partial charge in [-0.1, -0.05) is 63.9 Å². The number of esters is 1. The van der Waals surface area contributed by atoms with Gasteiger partial charge in [0.2, 0.25) is 0 Å². The van der Waals surface area contributed by atoms with E-state index in [0.717, 1.165) is 27.2 Å². The Morgan fingerprint density at radius 1 is 1.00 bits per heavy atom. The highest BCUT2D eigenvalue weighted by Gasteiger charge is 2.38. The third-order valence-corrected chi connectivity index (χ3v) is 7.11. The molecule has 3 aromatic rings. The van der Waals surface area contributed by atoms with Crippen molar-refractivity contribution in [2.75, 3.05) is 11.9 Å². The molecule has 0 saturated heterocycles. The van der Waals surface area contributed by atoms with Crippen molar-refractivity contribution in [1.82, 2.24) is 0 Å². The molecule has 3 aromatic carbocycles. The van der Waals surface area contributed by atoms with Gasteiger partial charge in [0.15, 0.2) is 12.4 Å². The number of ether oxygens (including phenoxy) is 1. The first-order chi connectivity index (χ1) is 16.0. The zero-order valence-corrected chi connectivity index (χ0v) is 20.0. The summed E-state index contributed by atoms with van der Waals surface area (Å²) in [7, 11) is 0. The van der Waals surface area contributed by atoms with Gasteiger partial charge in [0.25, 0.3) is 0 Å². The van der Waals surface area contributed by atoms with E-state index >= 15 is 0 Å². The fraction of sp³-hybridized carbons (Fsp3) is 0.185. The van der Waals surface area contributed by atoms with Crippen LogP contribution in [0.5, 0.6) is 0 Å². The number of carbonyl (C=O) groups excluding carboxylic acids is 2. The van der Waals surface area contributed by atoms with Crippen LogP contribution in [0.1, 0.15) is 50.2 Å². The maximum atomic E-state index is 12.7. The first-order valence-electron chi connectivity index (χ1n) is 10.8. The molecule has 1 aliphatic heterocycles. The molecule has 0 unspecified atom stereocenters. The van der Waals surface area contributed by atoms with Gasteiger partial charge in [-0.15, -0.1) is 0 Å². The summed E-state index contributed by atoms with van der Waals surface area (Å²) in [4.78, 5) is 25.0. The van der Waals surface area contributed by atoms with Crippen LogP contribution in [0.3, 0.4) is 0 Å². The Morgan fingerprint density at radius 2 is 1.73 bits per heavy atom. The molecule has 1 heterocycles. The van der Waals surface area contributed by atoms with E-state index in [1.54, 1.807) is 30.3 Å². The third-order valence-electron chi connectivity index (χ3n) is 6.33. The van der Waals surface area contributed by atoms with Crippen molar-refractivity contribution in [2.24, 2.45) is 5.92 Å². The molecular weight excluding hydrogens is 502 g/mol. The SMILES string of the molecule is O=C(COC(=O)c1ccc2c(c1)[C@@H]1C=CC[C@H]1[C@H](c1ccc(Cl)cc1)N2)c1ccc(Br)cc1. The number of nitrogens with one attached hydrogen (secondary N) is 1. The molecule has 3 atom stereocenters. The predicted octanol–water partition coefficient (Wildman–Crippen LogP) is 6.97. The topological polar surface area (TPSA) is 55.4 Å². The van der Waals surface area contributed by atoms with Crippen LogP contribution in [0.25, 0.3) is 0 Å². The number of benzene rings is 3. The van der Waals surface area contributed by atoms with Crippen molar-refractivity contribution >= 4 is 45.0 Å². The molecule has 6 heteroatoms. The number of ketones is 1. The Bertz CT molecular complexity index is 1240. The number of halogens is 2. The molecule has 33 heavy (non-hydrogen) atoms. The fourth-order valence-corrected chi connectivity index (χ4v) is 5.05. The molecule has 0 bridgehead atoms. The van der Waals surface area contributed by atoms with Crippen molar-refractivity contribution < 1.29 is 14.3 Å². The molecule has 4 nitrogen and oxygen atoms in total. The summed E-state index contributed by atoms with van der Waals surface area (Å²) < 4.78 is 6.21. The average Bonchev–Trinajstić information content (AvgIpc) is 3.33. The lowest BCUT2D eigenvalue weighted by Crippen LogP contribution is -2.29. The summed E-state index contributed by atoms with van der Waals surface area (Å²) in [6, 6.07) is 20.7. The van der Waals surface area contributed by atoms with E-state index in [0.29, 0.717) is 17.0 Å². The summed E-state index contributed by atoms with van der Waals surface area (Å²) in [5.74, 6) is -0.176. The van der Waals surface area contributed by atoms with E-state index in [1.807, 2.05) is 24.3 Å². The molecule has 0 fully saturated rings. The third kappa shape index (κ3) is 4.48. The van der Waals surface area contributed by atoms with E-state index in [9.17, 15) is 9.59 Å². The monoisotopic (exact) mass is 521 g/mol. The van der Waals surface area contributed by atoms with Gasteiger partial charge >= 0.3 is 5.97 Å². The van der Waals surface area contributed by atoms with Gasteiger partial charge in [-0.3, -0.25) is 4.79 Å². The number of Topliss-reactive ketones (excluding diaryl/α,β-unsaturated/α-hetero) is 1. The lowest BCUT2D eigenvalue weighted by molar-refractivity contribution is 0.0474. The first-order valence-corrected chi connectivity index (χ1v) is 12.0. The minimum Gasteiger partial charge on any atom is -0.454 e. The van der Waals surface area contributed by atoms with Crippen LogP contribution in [0.4, 0.5) is 5.69 Å². The molecular formula is C27H21BrClNO3. The van der Waals surface area contributed by atoms with E-state index in [2.05, 4.69) is 45.5 Å². The molecule has 2 aliphatic rings. The van der Waals surface area contributed by atoms with E-state index in [4.69, 9.17) is 16.3 Å². The molecule has 0 amide bonds. The van der Waals surface area contributed by atoms with Crippen LogP contribution in [-0.2, 0) is 4.74 Å². The van der Waals surface area contributed by atoms with Crippen LogP contribution in [0, 0.1) is 5.92 Å². The smallest absolute Gasteiger partial charge is 0.338 e. The Hall–Kier alpha value is -2.89. The van der Waals surface area contributed by atoms with E-state index in [-0.39, 0.29) is 24.3 Å². The lowest BCUT2D eigenvalue weighted by atomic mass is 9.76. The molecule has 0 saturated carbocycles. The molecule has 1 N–H and O–H groups in total. The van der Waals surface area contributed by atoms with Crippen molar-refractivity contribution in [2.45, 2.75) is 18.4 Å². The zero-order valence-electron chi connectivity index (χ0n) is 17.6. The number of hydrogen-bond acceptors (Lipinski definition) is 4. The largest absolute Gasteiger partial charge is 0.454 e. The summed E-state index contributed by atoms with van der Waals surface area (Å²) in [5, 5.41) is 4.37. The zero-order chi connectivity index (χ0) is 22.9. The van der Waals surface area contributed by atoms with Gasteiger partial charge in [0.1, 0.15) is 0 Å². The van der Waals surface area contributed by atoms with Gasteiger partial charge < -0.3 is 10.1 Å². The highest BCUT2D eigenvalue weighted by molar-refractivity contribution is 9.10. The summed E-state index contributed by atoms with van der Waals surface area (Å²) in [6.07, 6.45) is 5.39. The number of fused-ring (bicyclic) bond motifs is 3. The Labute approximate surface area is 205 Å². The minimum atomic E-state index is -0.499. The van der Waals surface area contributed by atoms with Crippen LogP contribution < -0.4 is 5.32 Å². The van der Waals surface area contributed by atoms with Gasteiger partial charge in [-0.05, 0) is 65.9 Å². The van der Waals surface area contributed by atoms with Crippen molar-refractivity contribution in [3.8, 4) is 0 Å². The molecule has 0 spiro atoms. The van der Waals surface area contributed by atoms with Gasteiger partial charge in [0, 0.05) is 26.7 Å². The summed E-state index contributed by atoms with van der Waals surface area (Å²) in [5.41, 5.74) is 4.23. The predicted molar refractivity (Wildman–Crippen MR) is 133 cm³/mol. The van der Waals surface area contributed by atoms with E-state index < -0.39 is 5.97 Å². The fourth-order valence-electron chi connectivity index (χ4n) is 4.66. The van der Waals surface area contributed by atoms with E-state index in [1.165, 1.54) is 5.56 Å². The number of anilines is 1. The molecule has 166 valence electrons. The van der Waals surface area contributed by atoms with Gasteiger partial charge in [-0.25, -0.2) is 4.79 Å². The Kier molecular flexibility index (Phi) is 6.09. The second-order valence-electron chi connectivity index (χ2n) is 8.34. The van der Waals surface area contributed by atoms with Crippen LogP contribution in [0.15, 0.2) is 83.4 Å². The highest BCUT2D eigenvalue weighted by atomic mass is 79.9. The van der Waals surface area contributed by atoms with Crippen LogP contribution in [0.2, 0.25) is 5.02 Å². The van der Waals surface area contributed by atoms with Crippen LogP contribution >= 0.6 is 27.5 Å². The molecule has 0 aromatic heterocycles. The van der Waals surface area contributed by atoms with Gasteiger partial charge in [-0.2, -0.15) is 0 Å². The standard InChI is InChI=1S/C27H21BrClNO3/c28-19-9-4-16(5-10-19)25(31)15-33-27(32)18-8-13-24-23(14-18)21-2-1-3-22(21)26(30-24)17-6-11-20(29)12-7-17/h1-2,4-14,21-22,26,30H,3,15H2/t21-,22-,26+/m1/s1. The summed E-state index contributed by atoms with van der Waals surface area (Å²) in [6.45, 7) is -0.291. The first kappa shape index (κ1) is 21.9. The Balaban J connectivity index is 1.33.